The van der Waals surface area contributed by atoms with Gasteiger partial charge >= 0.3 is 0 Å². The Kier molecular flexibility index (Phi) is 3.98. The van der Waals surface area contributed by atoms with Crippen molar-refractivity contribution in [2.45, 2.75) is 19.3 Å². The fraction of sp³-hybridized carbons (Fsp3) is 0.875. The zero-order valence-electron chi connectivity index (χ0n) is 6.95. The fourth-order valence-corrected chi connectivity index (χ4v) is 0.891. The summed E-state index contributed by atoms with van der Waals surface area (Å²) < 4.78 is 4.79. The Balaban J connectivity index is 1.88. The zero-order valence-corrected chi connectivity index (χ0v) is 6.95. The average Bonchev–Trinajstić information content (AvgIpc) is 1.93. The first kappa shape index (κ1) is 8.53. The third-order valence-electron chi connectivity index (χ3n) is 1.87. The van der Waals surface area contributed by atoms with Crippen LogP contribution >= 0.6 is 0 Å². The van der Waals surface area contributed by atoms with Crippen LogP contribution in [0.1, 0.15) is 19.3 Å². The van der Waals surface area contributed by atoms with Crippen molar-refractivity contribution in [2.75, 3.05) is 20.3 Å². The van der Waals surface area contributed by atoms with Gasteiger partial charge in [0.2, 0.25) is 0 Å². The summed E-state index contributed by atoms with van der Waals surface area (Å²) in [6.45, 7) is 1.17. The van der Waals surface area contributed by atoms with Gasteiger partial charge in [-0.25, -0.2) is 0 Å². The van der Waals surface area contributed by atoms with E-state index in [9.17, 15) is 0 Å². The molecule has 0 aromatic rings. The van der Waals surface area contributed by atoms with Gasteiger partial charge in [0.1, 0.15) is 6.61 Å². The molecule has 1 aliphatic carbocycles. The van der Waals surface area contributed by atoms with Crippen molar-refractivity contribution in [2.24, 2.45) is 11.1 Å². The highest BCUT2D eigenvalue weighted by molar-refractivity contribution is 5.60. The minimum atomic E-state index is 0.555. The Labute approximate surface area is 67.4 Å². The second-order valence-corrected chi connectivity index (χ2v) is 2.77. The molecule has 1 aliphatic rings. The van der Waals surface area contributed by atoms with Gasteiger partial charge in [0.05, 0.1) is 6.61 Å². The van der Waals surface area contributed by atoms with Gasteiger partial charge in [-0.2, -0.15) is 0 Å². The molecule has 11 heavy (non-hydrogen) atoms. The highest BCUT2D eigenvalue weighted by Crippen LogP contribution is 2.23. The highest BCUT2D eigenvalue weighted by atomic mass is 16.6. The van der Waals surface area contributed by atoms with Crippen LogP contribution in [0.15, 0.2) is 5.16 Å². The molecule has 0 radical (unpaired) electrons. The smallest absolute Gasteiger partial charge is 0.140 e. The summed E-state index contributed by atoms with van der Waals surface area (Å²) in [4.78, 5) is 4.92. The predicted octanol–water partition coefficient (Wildman–Crippen LogP) is 1.44. The maximum Gasteiger partial charge on any atom is 0.140 e. The van der Waals surface area contributed by atoms with E-state index in [4.69, 9.17) is 9.57 Å². The molecule has 0 spiro atoms. The number of hydrogen-bond acceptors (Lipinski definition) is 3. The van der Waals surface area contributed by atoms with E-state index in [-0.39, 0.29) is 0 Å². The molecule has 0 heterocycles. The normalized spacial score (nSPS) is 18.6. The van der Waals surface area contributed by atoms with Crippen LogP contribution in [-0.4, -0.2) is 26.5 Å². The highest BCUT2D eigenvalue weighted by Gasteiger charge is 2.14. The van der Waals surface area contributed by atoms with Crippen LogP contribution in [0, 0.1) is 5.92 Å². The molecule has 1 rings (SSSR count). The summed E-state index contributed by atoms with van der Waals surface area (Å²) in [5, 5.41) is 3.83. The Morgan fingerprint density at radius 3 is 2.82 bits per heavy atom. The van der Waals surface area contributed by atoms with Gasteiger partial charge in [-0.05, 0) is 18.8 Å². The average molecular weight is 157 g/mol. The molecule has 0 aromatic heterocycles. The summed E-state index contributed by atoms with van der Waals surface area (Å²) in [5.41, 5.74) is 0. The lowest BCUT2D eigenvalue weighted by molar-refractivity contribution is 0.0748. The molecule has 3 heteroatoms. The molecule has 0 saturated heterocycles. The second-order valence-electron chi connectivity index (χ2n) is 2.77. The van der Waals surface area contributed by atoms with E-state index in [2.05, 4.69) is 5.16 Å². The van der Waals surface area contributed by atoms with Crippen LogP contribution in [0.25, 0.3) is 0 Å². The number of methoxy groups -OCH3 is 1. The van der Waals surface area contributed by atoms with Gasteiger partial charge in [0, 0.05) is 13.3 Å². The van der Waals surface area contributed by atoms with E-state index in [0.29, 0.717) is 19.1 Å². The van der Waals surface area contributed by atoms with Gasteiger partial charge in [-0.3, -0.25) is 0 Å². The molecular formula is C8H15NO2. The first-order chi connectivity index (χ1) is 5.43. The van der Waals surface area contributed by atoms with Crippen molar-refractivity contribution in [1.82, 2.24) is 0 Å². The minimum absolute atomic E-state index is 0.555. The lowest BCUT2D eigenvalue weighted by Crippen LogP contribution is -2.12. The largest absolute Gasteiger partial charge is 0.394 e. The van der Waals surface area contributed by atoms with E-state index in [1.54, 1.807) is 7.11 Å². The number of hydrogen-bond donors (Lipinski definition) is 0. The first-order valence-electron chi connectivity index (χ1n) is 4.08. The Morgan fingerprint density at radius 1 is 1.45 bits per heavy atom. The summed E-state index contributed by atoms with van der Waals surface area (Å²) >= 11 is 0. The summed E-state index contributed by atoms with van der Waals surface area (Å²) in [6.07, 6.45) is 5.79. The third-order valence-corrected chi connectivity index (χ3v) is 1.87. The molecular weight excluding hydrogens is 142 g/mol. The molecule has 1 fully saturated rings. The van der Waals surface area contributed by atoms with Crippen molar-refractivity contribution in [3.05, 3.63) is 0 Å². The van der Waals surface area contributed by atoms with Gasteiger partial charge in [-0.1, -0.05) is 11.6 Å². The van der Waals surface area contributed by atoms with Crippen LogP contribution in [0.3, 0.4) is 0 Å². The van der Waals surface area contributed by atoms with Gasteiger partial charge in [0.15, 0.2) is 0 Å². The fourth-order valence-electron chi connectivity index (χ4n) is 0.891. The summed E-state index contributed by atoms with van der Waals surface area (Å²) in [7, 11) is 1.65. The molecule has 0 bridgehead atoms. The van der Waals surface area contributed by atoms with Crippen LogP contribution in [0.5, 0.6) is 0 Å². The Morgan fingerprint density at radius 2 is 2.27 bits per heavy atom. The minimum Gasteiger partial charge on any atom is -0.394 e. The maximum absolute atomic E-state index is 4.92. The molecule has 0 amide bonds. The van der Waals surface area contributed by atoms with Crippen LogP contribution < -0.4 is 0 Å². The van der Waals surface area contributed by atoms with Gasteiger partial charge in [0.25, 0.3) is 0 Å². The van der Waals surface area contributed by atoms with Crippen molar-refractivity contribution >= 4 is 6.21 Å². The van der Waals surface area contributed by atoms with E-state index in [0.717, 1.165) is 0 Å². The molecule has 64 valence electrons. The Bertz CT molecular complexity index is 121. The van der Waals surface area contributed by atoms with Crippen molar-refractivity contribution in [3.63, 3.8) is 0 Å². The van der Waals surface area contributed by atoms with Crippen LogP contribution in [-0.2, 0) is 9.57 Å². The molecule has 0 atom stereocenters. The van der Waals surface area contributed by atoms with E-state index >= 15 is 0 Å². The topological polar surface area (TPSA) is 30.8 Å². The Hall–Kier alpha value is -0.570. The monoisotopic (exact) mass is 157 g/mol. The van der Waals surface area contributed by atoms with E-state index < -0.39 is 0 Å². The molecule has 0 aliphatic heterocycles. The van der Waals surface area contributed by atoms with Crippen LogP contribution in [0.4, 0.5) is 0 Å². The summed E-state index contributed by atoms with van der Waals surface area (Å²) in [6, 6.07) is 0. The van der Waals surface area contributed by atoms with Crippen molar-refractivity contribution < 1.29 is 9.57 Å². The lowest BCUT2D eigenvalue weighted by atomic mass is 9.87. The summed E-state index contributed by atoms with van der Waals surface area (Å²) in [5.74, 6) is 0.678. The van der Waals surface area contributed by atoms with Crippen molar-refractivity contribution in [1.29, 1.82) is 0 Å². The first-order valence-corrected chi connectivity index (χ1v) is 4.08. The standard InChI is InChI=1S/C8H15NO2/c1-10-5-6-11-9-7-8-3-2-4-8/h7-8H,2-6H2,1H3. The van der Waals surface area contributed by atoms with Gasteiger partial charge < -0.3 is 9.57 Å². The number of nitrogens with zero attached hydrogens (tertiary/aromatic N) is 1. The quantitative estimate of drug-likeness (QED) is 0.343. The molecule has 3 nitrogen and oxygen atoms in total. The van der Waals surface area contributed by atoms with E-state index in [1.807, 2.05) is 6.21 Å². The SMILES string of the molecule is COCCON=CC1CCC1. The second kappa shape index (κ2) is 5.13. The van der Waals surface area contributed by atoms with Gasteiger partial charge in [-0.15, -0.1) is 0 Å². The van der Waals surface area contributed by atoms with Crippen LogP contribution in [0.2, 0.25) is 0 Å². The zero-order chi connectivity index (χ0) is 7.94. The molecule has 1 saturated carbocycles. The molecule has 0 unspecified atom stereocenters. The maximum atomic E-state index is 4.92. The molecule has 0 N–H and O–H groups in total. The molecule has 0 aromatic carbocycles. The predicted molar refractivity (Wildman–Crippen MR) is 43.7 cm³/mol. The number of ether oxygens (including phenoxy) is 1. The lowest BCUT2D eigenvalue weighted by Gasteiger charge is -2.19. The number of oxime groups is 1. The number of rotatable bonds is 5. The third kappa shape index (κ3) is 3.37. The van der Waals surface area contributed by atoms with E-state index in [1.165, 1.54) is 19.3 Å². The van der Waals surface area contributed by atoms with Crippen molar-refractivity contribution in [3.8, 4) is 0 Å².